The van der Waals surface area contributed by atoms with Gasteiger partial charge in [-0.2, -0.15) is 5.26 Å². The van der Waals surface area contributed by atoms with Crippen LogP contribution in [0.15, 0.2) is 29.2 Å². The molecule has 0 spiro atoms. The molecule has 1 atom stereocenters. The van der Waals surface area contributed by atoms with Crippen molar-refractivity contribution in [3.8, 4) is 6.07 Å². The van der Waals surface area contributed by atoms with Crippen LogP contribution >= 0.6 is 0 Å². The Labute approximate surface area is 101 Å². The molecule has 0 aliphatic carbocycles. The van der Waals surface area contributed by atoms with Crippen molar-refractivity contribution < 1.29 is 8.42 Å². The molecule has 1 fully saturated rings. The molecule has 1 aliphatic rings. The molecule has 0 aromatic heterocycles. The van der Waals surface area contributed by atoms with Gasteiger partial charge in [-0.1, -0.05) is 0 Å². The van der Waals surface area contributed by atoms with Gasteiger partial charge in [0.1, 0.15) is 0 Å². The highest BCUT2D eigenvalue weighted by Crippen LogP contribution is 2.11. The molecule has 5 nitrogen and oxygen atoms in total. The molecule has 90 valence electrons. The van der Waals surface area contributed by atoms with Gasteiger partial charge in [-0.25, -0.2) is 13.1 Å². The molecule has 17 heavy (non-hydrogen) atoms. The quantitative estimate of drug-likeness (QED) is 0.804. The van der Waals surface area contributed by atoms with E-state index in [1.165, 1.54) is 24.3 Å². The van der Waals surface area contributed by atoms with Crippen LogP contribution in [0.25, 0.3) is 0 Å². The van der Waals surface area contributed by atoms with Crippen LogP contribution in [0.5, 0.6) is 0 Å². The molecule has 1 unspecified atom stereocenters. The summed E-state index contributed by atoms with van der Waals surface area (Å²) in [6.45, 7) is 1.50. The fourth-order valence-electron chi connectivity index (χ4n) is 1.75. The molecular formula is C11H13N3O2S. The van der Waals surface area contributed by atoms with E-state index in [4.69, 9.17) is 5.26 Å². The number of hydrogen-bond donors (Lipinski definition) is 2. The second-order valence-corrected chi connectivity index (χ2v) is 5.66. The van der Waals surface area contributed by atoms with E-state index in [-0.39, 0.29) is 10.9 Å². The molecule has 0 amide bonds. The summed E-state index contributed by atoms with van der Waals surface area (Å²) in [7, 11) is -3.47. The van der Waals surface area contributed by atoms with Crippen LogP contribution in [0, 0.1) is 11.3 Å². The van der Waals surface area contributed by atoms with Gasteiger partial charge in [0, 0.05) is 12.6 Å². The van der Waals surface area contributed by atoms with E-state index in [0.717, 1.165) is 13.0 Å². The zero-order valence-corrected chi connectivity index (χ0v) is 10.00. The van der Waals surface area contributed by atoms with E-state index in [9.17, 15) is 8.42 Å². The molecular weight excluding hydrogens is 238 g/mol. The van der Waals surface area contributed by atoms with Crippen molar-refractivity contribution in [1.29, 1.82) is 5.26 Å². The normalized spacial score (nSPS) is 20.1. The summed E-state index contributed by atoms with van der Waals surface area (Å²) in [5.74, 6) is 0. The topological polar surface area (TPSA) is 82.0 Å². The molecule has 2 rings (SSSR count). The van der Waals surface area contributed by atoms with Crippen molar-refractivity contribution in [2.24, 2.45) is 0 Å². The molecule has 6 heteroatoms. The Morgan fingerprint density at radius 3 is 2.59 bits per heavy atom. The fraction of sp³-hybridized carbons (Fsp3) is 0.364. The van der Waals surface area contributed by atoms with Crippen molar-refractivity contribution in [1.82, 2.24) is 10.0 Å². The molecule has 2 N–H and O–H groups in total. The summed E-state index contributed by atoms with van der Waals surface area (Å²) in [4.78, 5) is 0.198. The maximum atomic E-state index is 12.0. The average Bonchev–Trinajstić information content (AvgIpc) is 2.81. The van der Waals surface area contributed by atoms with E-state index in [1.807, 2.05) is 6.07 Å². The highest BCUT2D eigenvalue weighted by molar-refractivity contribution is 7.89. The zero-order valence-electron chi connectivity index (χ0n) is 9.18. The maximum Gasteiger partial charge on any atom is 0.240 e. The minimum Gasteiger partial charge on any atom is -0.315 e. The largest absolute Gasteiger partial charge is 0.315 e. The average molecular weight is 251 g/mol. The first kappa shape index (κ1) is 12.0. The van der Waals surface area contributed by atoms with Gasteiger partial charge in [0.15, 0.2) is 0 Å². The monoisotopic (exact) mass is 251 g/mol. The molecule has 1 saturated heterocycles. The van der Waals surface area contributed by atoms with Crippen LogP contribution in [0.1, 0.15) is 12.0 Å². The minimum absolute atomic E-state index is 0.0457. The van der Waals surface area contributed by atoms with E-state index >= 15 is 0 Å². The lowest BCUT2D eigenvalue weighted by Gasteiger charge is -2.11. The minimum atomic E-state index is -3.47. The Balaban J connectivity index is 2.16. The number of nitrogens with one attached hydrogen (secondary N) is 2. The summed E-state index contributed by atoms with van der Waals surface area (Å²) >= 11 is 0. The number of sulfonamides is 1. The first-order chi connectivity index (χ1) is 8.12. The number of nitriles is 1. The number of hydrogen-bond acceptors (Lipinski definition) is 4. The predicted molar refractivity (Wildman–Crippen MR) is 62.8 cm³/mol. The van der Waals surface area contributed by atoms with Crippen LogP contribution in [0.2, 0.25) is 0 Å². The Kier molecular flexibility index (Phi) is 3.43. The molecule has 1 aliphatic heterocycles. The first-order valence-corrected chi connectivity index (χ1v) is 6.83. The van der Waals surface area contributed by atoms with Gasteiger partial charge < -0.3 is 5.32 Å². The molecule has 1 heterocycles. The summed E-state index contributed by atoms with van der Waals surface area (Å²) < 4.78 is 26.6. The lowest BCUT2D eigenvalue weighted by Crippen LogP contribution is -2.36. The van der Waals surface area contributed by atoms with Crippen LogP contribution < -0.4 is 10.0 Å². The van der Waals surface area contributed by atoms with Crippen LogP contribution in [-0.4, -0.2) is 27.5 Å². The van der Waals surface area contributed by atoms with Crippen LogP contribution in [-0.2, 0) is 10.0 Å². The Morgan fingerprint density at radius 2 is 2.06 bits per heavy atom. The standard InChI is InChI=1S/C11H13N3O2S/c12-7-9-1-3-11(4-2-9)17(15,16)14-10-5-6-13-8-10/h1-4,10,13-14H,5-6,8H2. The van der Waals surface area contributed by atoms with Crippen molar-refractivity contribution in [3.63, 3.8) is 0 Å². The fourth-order valence-corrected chi connectivity index (χ4v) is 3.02. The highest BCUT2D eigenvalue weighted by atomic mass is 32.2. The summed E-state index contributed by atoms with van der Waals surface area (Å²) in [5.41, 5.74) is 0.450. The smallest absolute Gasteiger partial charge is 0.240 e. The van der Waals surface area contributed by atoms with Crippen molar-refractivity contribution in [3.05, 3.63) is 29.8 Å². The van der Waals surface area contributed by atoms with E-state index in [0.29, 0.717) is 12.1 Å². The molecule has 1 aromatic carbocycles. The summed E-state index contributed by atoms with van der Waals surface area (Å²) in [6.07, 6.45) is 0.801. The Hall–Kier alpha value is -1.42. The summed E-state index contributed by atoms with van der Waals surface area (Å²) in [6, 6.07) is 7.81. The molecule has 0 saturated carbocycles. The number of nitrogens with zero attached hydrogens (tertiary/aromatic N) is 1. The van der Waals surface area contributed by atoms with E-state index < -0.39 is 10.0 Å². The van der Waals surface area contributed by atoms with Gasteiger partial charge in [0.05, 0.1) is 16.5 Å². The third-order valence-corrected chi connectivity index (χ3v) is 4.21. The second kappa shape index (κ2) is 4.84. The van der Waals surface area contributed by atoms with Crippen molar-refractivity contribution in [2.45, 2.75) is 17.4 Å². The van der Waals surface area contributed by atoms with Crippen molar-refractivity contribution in [2.75, 3.05) is 13.1 Å². The Morgan fingerprint density at radius 1 is 1.35 bits per heavy atom. The van der Waals surface area contributed by atoms with Gasteiger partial charge in [0.25, 0.3) is 0 Å². The number of rotatable bonds is 3. The first-order valence-electron chi connectivity index (χ1n) is 5.35. The van der Waals surface area contributed by atoms with Crippen LogP contribution in [0.4, 0.5) is 0 Å². The van der Waals surface area contributed by atoms with Gasteiger partial charge in [-0.15, -0.1) is 0 Å². The third-order valence-electron chi connectivity index (χ3n) is 2.68. The van der Waals surface area contributed by atoms with Crippen LogP contribution in [0.3, 0.4) is 0 Å². The third kappa shape index (κ3) is 2.82. The van der Waals surface area contributed by atoms with E-state index in [1.54, 1.807) is 0 Å². The molecule has 0 bridgehead atoms. The second-order valence-electron chi connectivity index (χ2n) is 3.95. The van der Waals surface area contributed by atoms with E-state index in [2.05, 4.69) is 10.0 Å². The SMILES string of the molecule is N#Cc1ccc(S(=O)(=O)NC2CCNC2)cc1. The molecule has 0 radical (unpaired) electrons. The zero-order chi connectivity index (χ0) is 12.3. The molecule has 1 aromatic rings. The predicted octanol–water partition coefficient (Wildman–Crippen LogP) is 0.198. The maximum absolute atomic E-state index is 12.0. The number of benzene rings is 1. The van der Waals surface area contributed by atoms with Crippen molar-refractivity contribution >= 4 is 10.0 Å². The van der Waals surface area contributed by atoms with Gasteiger partial charge in [-0.05, 0) is 37.2 Å². The summed E-state index contributed by atoms with van der Waals surface area (Å²) in [5, 5.41) is 11.7. The van der Waals surface area contributed by atoms with Gasteiger partial charge in [0.2, 0.25) is 10.0 Å². The lowest BCUT2D eigenvalue weighted by molar-refractivity contribution is 0.560. The van der Waals surface area contributed by atoms with Gasteiger partial charge in [-0.3, -0.25) is 0 Å². The van der Waals surface area contributed by atoms with Gasteiger partial charge >= 0.3 is 0 Å². The Bertz CT molecular complexity index is 525. The lowest BCUT2D eigenvalue weighted by atomic mass is 10.2. The highest BCUT2D eigenvalue weighted by Gasteiger charge is 2.22.